The van der Waals surface area contributed by atoms with Gasteiger partial charge < -0.3 is 24.4 Å². The van der Waals surface area contributed by atoms with Gasteiger partial charge in [0.25, 0.3) is 16.7 Å². The van der Waals surface area contributed by atoms with Crippen LogP contribution in [0.1, 0.15) is 62.6 Å². The van der Waals surface area contributed by atoms with Crippen LogP contribution in [0.4, 0.5) is 0 Å². The van der Waals surface area contributed by atoms with Crippen molar-refractivity contribution in [2.75, 3.05) is 6.61 Å². The first-order valence-corrected chi connectivity index (χ1v) is 18.9. The van der Waals surface area contributed by atoms with Crippen LogP contribution in [0.2, 0.25) is 0 Å². The van der Waals surface area contributed by atoms with E-state index in [4.69, 9.17) is 30.4 Å². The molecule has 58 heavy (non-hydrogen) atoms. The smallest absolute Gasteiger partial charge is 0.328 e. The lowest BCUT2D eigenvalue weighted by Crippen LogP contribution is -2.34. The molecule has 3 aromatic heterocycles. The van der Waals surface area contributed by atoms with Gasteiger partial charge in [-0.05, 0) is 57.5 Å². The summed E-state index contributed by atoms with van der Waals surface area (Å²) in [6.07, 6.45) is 5.46. The molecule has 0 aliphatic carbocycles. The molecule has 6 heterocycles. The summed E-state index contributed by atoms with van der Waals surface area (Å²) in [5.74, 6) is 0. The maximum absolute atomic E-state index is 11.7. The summed E-state index contributed by atoms with van der Waals surface area (Å²) in [5, 5.41) is 26.2. The summed E-state index contributed by atoms with van der Waals surface area (Å²) in [6, 6.07) is -0.649. The van der Waals surface area contributed by atoms with E-state index in [0.29, 0.717) is 49.0 Å². The molecular weight excluding hydrogens is 764 g/mol. The molecule has 3 aliphatic heterocycles. The van der Waals surface area contributed by atoms with Crippen molar-refractivity contribution in [3.8, 4) is 0 Å². The summed E-state index contributed by atoms with van der Waals surface area (Å²) >= 11 is 0. The van der Waals surface area contributed by atoms with Gasteiger partial charge in [0.1, 0.15) is 0 Å². The van der Waals surface area contributed by atoms with Crippen LogP contribution >= 0.6 is 0 Å². The highest BCUT2D eigenvalue weighted by atomic mass is 16.5. The Kier molecular flexibility index (Phi) is 16.2. The quantitative estimate of drug-likeness (QED) is 0.101. The molecule has 0 spiro atoms. The van der Waals surface area contributed by atoms with Gasteiger partial charge in [0, 0.05) is 51.5 Å². The van der Waals surface area contributed by atoms with E-state index in [1.54, 1.807) is 20.8 Å². The van der Waals surface area contributed by atoms with Gasteiger partial charge in [-0.2, -0.15) is 0 Å². The number of azide groups is 2. The Balaban J connectivity index is 0.000000193. The number of aromatic nitrogens is 6. The van der Waals surface area contributed by atoms with Crippen molar-refractivity contribution in [3.05, 3.63) is 119 Å². The number of ether oxygens (including phenoxy) is 3. The van der Waals surface area contributed by atoms with Gasteiger partial charge in [-0.3, -0.25) is 43.0 Å². The zero-order valence-electron chi connectivity index (χ0n) is 32.9. The molecule has 3 saturated heterocycles. The molecule has 3 unspecified atom stereocenters. The number of aromatic amines is 3. The standard InChI is InChI=1S/C12H17N5O3.C12H18N2O4.C11H15N5O4/c1-3-10-9(15-16-13)4-8(20-10)6-17-5-7(2)11(18)14-12(17)19;1-3-10-9(15)4-8(18-10)6-14-5-7(2)11(16)13-12(14)17;1-6-3-16(11(19)13-10(6)18)4-7-2-8(14-15-12)9(5-17)20-7/h5,8-10H,3-4,6H2,1-2H3,(H,14,18,19);5,8-10,15H,3-4,6H2,1-2H3,(H,13,16,17);3,7-9,17H,2,4-5H2,1H3,(H,13,18,19)/t2*8-,9?,10-;7-,8?,9-/m000/s1. The van der Waals surface area contributed by atoms with Gasteiger partial charge in [0.2, 0.25) is 0 Å². The van der Waals surface area contributed by atoms with E-state index >= 15 is 0 Å². The van der Waals surface area contributed by atoms with Crippen LogP contribution in [0.15, 0.2) is 57.6 Å². The van der Waals surface area contributed by atoms with Crippen molar-refractivity contribution >= 4 is 0 Å². The van der Waals surface area contributed by atoms with Crippen molar-refractivity contribution in [2.45, 2.75) is 141 Å². The van der Waals surface area contributed by atoms with E-state index in [1.807, 2.05) is 13.8 Å². The molecule has 3 aliphatic rings. The molecular formula is C35H50N12O11. The lowest BCUT2D eigenvalue weighted by Gasteiger charge is -2.14. The average Bonchev–Trinajstić information content (AvgIpc) is 3.87. The first-order valence-electron chi connectivity index (χ1n) is 18.9. The fraction of sp³-hybridized carbons (Fsp3) is 0.657. The number of nitrogens with one attached hydrogen (secondary N) is 3. The van der Waals surface area contributed by atoms with Crippen LogP contribution in [-0.2, 0) is 33.8 Å². The molecule has 9 atom stereocenters. The van der Waals surface area contributed by atoms with Crippen LogP contribution in [0, 0.1) is 20.8 Å². The Morgan fingerprint density at radius 3 is 1.33 bits per heavy atom. The third-order valence-corrected chi connectivity index (χ3v) is 10.1. The van der Waals surface area contributed by atoms with Crippen LogP contribution < -0.4 is 33.7 Å². The number of H-pyrrole nitrogens is 3. The third kappa shape index (κ3) is 11.8. The van der Waals surface area contributed by atoms with Crippen LogP contribution in [0.5, 0.6) is 0 Å². The molecule has 0 radical (unpaired) electrons. The van der Waals surface area contributed by atoms with E-state index in [1.165, 1.54) is 32.3 Å². The maximum Gasteiger partial charge on any atom is 0.328 e. The van der Waals surface area contributed by atoms with E-state index < -0.39 is 40.9 Å². The van der Waals surface area contributed by atoms with Crippen molar-refractivity contribution in [3.63, 3.8) is 0 Å². The first-order chi connectivity index (χ1) is 27.6. The van der Waals surface area contributed by atoms with Crippen LogP contribution in [0.3, 0.4) is 0 Å². The summed E-state index contributed by atoms with van der Waals surface area (Å²) < 4.78 is 21.2. The molecule has 6 rings (SSSR count). The normalized spacial score (nSPS) is 26.1. The second kappa shape index (κ2) is 20.8. The van der Waals surface area contributed by atoms with Crippen LogP contribution in [-0.4, -0.2) is 100 Å². The second-order valence-electron chi connectivity index (χ2n) is 14.4. The zero-order valence-corrected chi connectivity index (χ0v) is 32.9. The topological polar surface area (TPSA) is 330 Å². The van der Waals surface area contributed by atoms with Crippen LogP contribution in [0.25, 0.3) is 20.9 Å². The van der Waals surface area contributed by atoms with E-state index in [9.17, 15) is 33.9 Å². The number of aliphatic hydroxyl groups excluding tert-OH is 2. The fourth-order valence-corrected chi connectivity index (χ4v) is 6.99. The largest absolute Gasteiger partial charge is 0.394 e. The summed E-state index contributed by atoms with van der Waals surface area (Å²) in [5.41, 5.74) is 15.8. The SMILES string of the molecule is CC[C@@H]1O[C@H](Cn2cc(C)c(=O)[nH]c2=O)CC1N=[N+]=[N-].CC[C@@H]1O[C@H](Cn2cc(C)c(=O)[nH]c2=O)CC1O.Cc1cn(C[C@@H]2CC(N=[N+]=[N-])[C@H](CO)O2)c(=O)[nH]c1=O. The predicted octanol–water partition coefficient (Wildman–Crippen LogP) is 0.539. The minimum absolute atomic E-state index is 0.115. The number of aryl methyl sites for hydroxylation is 3. The number of nitrogens with zero attached hydrogens (tertiary/aromatic N) is 9. The summed E-state index contributed by atoms with van der Waals surface area (Å²) in [4.78, 5) is 81.1. The van der Waals surface area contributed by atoms with Crippen molar-refractivity contribution in [1.29, 1.82) is 0 Å². The highest BCUT2D eigenvalue weighted by molar-refractivity contribution is 5.03. The van der Waals surface area contributed by atoms with Crippen molar-refractivity contribution in [2.24, 2.45) is 10.2 Å². The maximum atomic E-state index is 11.7. The van der Waals surface area contributed by atoms with E-state index in [2.05, 4.69) is 35.0 Å². The minimum Gasteiger partial charge on any atom is -0.394 e. The number of hydrogen-bond acceptors (Lipinski definition) is 13. The van der Waals surface area contributed by atoms with Crippen molar-refractivity contribution < 1.29 is 24.4 Å². The number of rotatable bonds is 11. The molecule has 5 N–H and O–H groups in total. The third-order valence-electron chi connectivity index (χ3n) is 10.1. The van der Waals surface area contributed by atoms with Crippen molar-refractivity contribution in [1.82, 2.24) is 28.7 Å². The number of hydrogen-bond donors (Lipinski definition) is 5. The van der Waals surface area contributed by atoms with E-state index in [0.717, 1.165) is 12.8 Å². The Bertz CT molecular complexity index is 2220. The lowest BCUT2D eigenvalue weighted by molar-refractivity contribution is 0.00102. The molecule has 3 aromatic rings. The summed E-state index contributed by atoms with van der Waals surface area (Å²) in [7, 11) is 0. The molecule has 0 saturated carbocycles. The lowest BCUT2D eigenvalue weighted by atomic mass is 10.1. The fourth-order valence-electron chi connectivity index (χ4n) is 6.99. The molecule has 23 heteroatoms. The number of aliphatic hydroxyl groups is 2. The molecule has 3 fully saturated rings. The van der Waals surface area contributed by atoms with Gasteiger partial charge in [-0.1, -0.05) is 24.1 Å². The predicted molar refractivity (Wildman–Crippen MR) is 208 cm³/mol. The van der Waals surface area contributed by atoms with Gasteiger partial charge in [-0.25, -0.2) is 14.4 Å². The highest BCUT2D eigenvalue weighted by Crippen LogP contribution is 2.27. The summed E-state index contributed by atoms with van der Waals surface area (Å²) in [6.45, 7) is 9.47. The Labute approximate surface area is 329 Å². The Morgan fingerprint density at radius 1 is 0.638 bits per heavy atom. The van der Waals surface area contributed by atoms with Gasteiger partial charge in [0.05, 0.1) is 81.1 Å². The Hall–Kier alpha value is -5.54. The second-order valence-corrected chi connectivity index (χ2v) is 14.4. The van der Waals surface area contributed by atoms with Gasteiger partial charge in [-0.15, -0.1) is 0 Å². The monoisotopic (exact) mass is 814 g/mol. The first kappa shape index (κ1) is 45.2. The average molecular weight is 815 g/mol. The van der Waals surface area contributed by atoms with Gasteiger partial charge in [0.15, 0.2) is 0 Å². The molecule has 316 valence electrons. The van der Waals surface area contributed by atoms with E-state index in [-0.39, 0.29) is 60.8 Å². The molecule has 0 bridgehead atoms. The molecule has 0 amide bonds. The molecule has 23 nitrogen and oxygen atoms in total. The Morgan fingerprint density at radius 2 is 0.983 bits per heavy atom. The molecule has 0 aromatic carbocycles. The minimum atomic E-state index is -0.560. The van der Waals surface area contributed by atoms with Gasteiger partial charge >= 0.3 is 17.1 Å². The zero-order chi connectivity index (χ0) is 42.7. The highest BCUT2D eigenvalue weighted by Gasteiger charge is 2.35.